The number of anilines is 1. The highest BCUT2D eigenvalue weighted by molar-refractivity contribution is 6.30. The van der Waals surface area contributed by atoms with Gasteiger partial charge in [-0.3, -0.25) is 9.48 Å². The van der Waals surface area contributed by atoms with E-state index in [2.05, 4.69) is 15.5 Å². The molecule has 1 atom stereocenters. The number of nitrogens with one attached hydrogen (secondary N) is 1. The second kappa shape index (κ2) is 7.40. The molecule has 0 aliphatic heterocycles. The van der Waals surface area contributed by atoms with E-state index in [0.29, 0.717) is 17.3 Å². The quantitative estimate of drug-likeness (QED) is 0.691. The molecule has 3 aromatic rings. The van der Waals surface area contributed by atoms with Gasteiger partial charge in [-0.25, -0.2) is 9.48 Å². The van der Waals surface area contributed by atoms with Crippen molar-refractivity contribution in [3.8, 4) is 0 Å². The van der Waals surface area contributed by atoms with Crippen molar-refractivity contribution in [1.29, 1.82) is 0 Å². The molecule has 3 rings (SSSR count). The maximum absolute atomic E-state index is 12.4. The minimum absolute atomic E-state index is 0.155. The van der Waals surface area contributed by atoms with Crippen LogP contribution in [-0.2, 0) is 11.3 Å². The topological polar surface area (TPSA) is 102 Å². The van der Waals surface area contributed by atoms with Crippen molar-refractivity contribution in [3.63, 3.8) is 0 Å². The van der Waals surface area contributed by atoms with Crippen LogP contribution in [0.15, 0.2) is 48.9 Å². The van der Waals surface area contributed by atoms with Gasteiger partial charge >= 0.3 is 5.97 Å². The first-order valence-electron chi connectivity index (χ1n) is 7.78. The standard InChI is InChI=1S/C17H16ClN5O3/c1-11(17(25)26)23-15(5-6-19-23)16(24)21-14-8-20-22(10-14)9-12-3-2-4-13(18)7-12/h2-8,10-11H,9H2,1H3,(H,21,24)(H,25,26). The normalized spacial score (nSPS) is 11.9. The van der Waals surface area contributed by atoms with E-state index in [1.54, 1.807) is 16.9 Å². The van der Waals surface area contributed by atoms with Crippen LogP contribution in [0, 0.1) is 0 Å². The second-order valence-corrected chi connectivity index (χ2v) is 6.12. The van der Waals surface area contributed by atoms with Gasteiger partial charge in [-0.15, -0.1) is 0 Å². The van der Waals surface area contributed by atoms with Crippen LogP contribution in [0.5, 0.6) is 0 Å². The van der Waals surface area contributed by atoms with Crippen molar-refractivity contribution >= 4 is 29.2 Å². The van der Waals surface area contributed by atoms with Crippen molar-refractivity contribution in [1.82, 2.24) is 19.6 Å². The molecule has 8 nitrogen and oxygen atoms in total. The SMILES string of the molecule is CC(C(=O)O)n1nccc1C(=O)Nc1cnn(Cc2cccc(Cl)c2)c1. The third-order valence-corrected chi connectivity index (χ3v) is 3.99. The minimum Gasteiger partial charge on any atom is -0.480 e. The number of halogens is 1. The number of amides is 1. The molecule has 26 heavy (non-hydrogen) atoms. The van der Waals surface area contributed by atoms with E-state index >= 15 is 0 Å². The minimum atomic E-state index is -1.07. The number of carboxylic acids is 1. The van der Waals surface area contributed by atoms with Crippen molar-refractivity contribution in [2.24, 2.45) is 0 Å². The number of aliphatic carboxylic acids is 1. The van der Waals surface area contributed by atoms with Gasteiger partial charge in [0.25, 0.3) is 5.91 Å². The van der Waals surface area contributed by atoms with Crippen LogP contribution in [-0.4, -0.2) is 36.5 Å². The fraction of sp³-hybridized carbons (Fsp3) is 0.176. The lowest BCUT2D eigenvalue weighted by Crippen LogP contribution is -2.24. The third-order valence-electron chi connectivity index (χ3n) is 3.75. The number of nitrogens with zero attached hydrogens (tertiary/aromatic N) is 4. The average molecular weight is 374 g/mol. The monoisotopic (exact) mass is 373 g/mol. The number of hydrogen-bond donors (Lipinski definition) is 2. The smallest absolute Gasteiger partial charge is 0.328 e. The lowest BCUT2D eigenvalue weighted by Gasteiger charge is -2.10. The molecule has 0 bridgehead atoms. The molecule has 134 valence electrons. The zero-order valence-corrected chi connectivity index (χ0v) is 14.6. The Hall–Kier alpha value is -3.13. The summed E-state index contributed by atoms with van der Waals surface area (Å²) in [5.74, 6) is -1.53. The van der Waals surface area contributed by atoms with E-state index in [0.717, 1.165) is 10.2 Å². The van der Waals surface area contributed by atoms with Gasteiger partial charge in [-0.05, 0) is 30.7 Å². The van der Waals surface area contributed by atoms with Crippen LogP contribution < -0.4 is 5.32 Å². The van der Waals surface area contributed by atoms with E-state index in [1.807, 2.05) is 18.2 Å². The van der Waals surface area contributed by atoms with E-state index in [9.17, 15) is 9.59 Å². The van der Waals surface area contributed by atoms with Gasteiger partial charge in [0.2, 0.25) is 0 Å². The highest BCUT2D eigenvalue weighted by Crippen LogP contribution is 2.15. The van der Waals surface area contributed by atoms with Crippen molar-refractivity contribution < 1.29 is 14.7 Å². The summed E-state index contributed by atoms with van der Waals surface area (Å²) in [5.41, 5.74) is 1.63. The lowest BCUT2D eigenvalue weighted by molar-refractivity contribution is -0.140. The summed E-state index contributed by atoms with van der Waals surface area (Å²) in [6.45, 7) is 1.96. The van der Waals surface area contributed by atoms with Gasteiger partial charge in [0, 0.05) is 17.4 Å². The van der Waals surface area contributed by atoms with Gasteiger partial charge in [0.05, 0.1) is 18.4 Å². The summed E-state index contributed by atoms with van der Waals surface area (Å²) in [6.07, 6.45) is 4.58. The first-order chi connectivity index (χ1) is 12.4. The summed E-state index contributed by atoms with van der Waals surface area (Å²) in [4.78, 5) is 23.5. The first kappa shape index (κ1) is 17.7. The number of benzene rings is 1. The highest BCUT2D eigenvalue weighted by Gasteiger charge is 2.21. The predicted molar refractivity (Wildman–Crippen MR) is 95.3 cm³/mol. The van der Waals surface area contributed by atoms with Crippen molar-refractivity contribution in [2.45, 2.75) is 19.5 Å². The molecule has 1 aromatic carbocycles. The molecule has 0 spiro atoms. The number of carbonyl (C=O) groups excluding carboxylic acids is 1. The zero-order chi connectivity index (χ0) is 18.7. The summed E-state index contributed by atoms with van der Waals surface area (Å²) in [6, 6.07) is 7.93. The molecular weight excluding hydrogens is 358 g/mol. The Balaban J connectivity index is 1.71. The molecule has 0 fully saturated rings. The Labute approximate surface area is 154 Å². The van der Waals surface area contributed by atoms with Gasteiger partial charge in [0.1, 0.15) is 11.7 Å². The molecule has 2 N–H and O–H groups in total. The molecule has 1 amide bonds. The van der Waals surface area contributed by atoms with E-state index in [1.165, 1.54) is 25.4 Å². The van der Waals surface area contributed by atoms with Gasteiger partial charge in [-0.2, -0.15) is 10.2 Å². The predicted octanol–water partition coefficient (Wildman–Crippen LogP) is 2.68. The number of carbonyl (C=O) groups is 2. The lowest BCUT2D eigenvalue weighted by atomic mass is 10.2. The molecule has 1 unspecified atom stereocenters. The zero-order valence-electron chi connectivity index (χ0n) is 13.8. The Morgan fingerprint density at radius 1 is 1.31 bits per heavy atom. The number of rotatable bonds is 6. The summed E-state index contributed by atoms with van der Waals surface area (Å²) in [7, 11) is 0. The number of aromatic nitrogens is 4. The maximum Gasteiger partial charge on any atom is 0.328 e. The van der Waals surface area contributed by atoms with Crippen LogP contribution in [0.1, 0.15) is 29.0 Å². The molecule has 2 aromatic heterocycles. The molecule has 9 heteroatoms. The Morgan fingerprint density at radius 2 is 2.12 bits per heavy atom. The van der Waals surface area contributed by atoms with Crippen LogP contribution in [0.4, 0.5) is 5.69 Å². The first-order valence-corrected chi connectivity index (χ1v) is 8.16. The summed E-state index contributed by atoms with van der Waals surface area (Å²) in [5, 5.41) is 20.5. The molecule has 2 heterocycles. The third kappa shape index (κ3) is 3.92. The second-order valence-electron chi connectivity index (χ2n) is 5.69. The van der Waals surface area contributed by atoms with E-state index in [-0.39, 0.29) is 5.69 Å². The molecule has 0 aliphatic rings. The molecular formula is C17H16ClN5O3. The van der Waals surface area contributed by atoms with E-state index < -0.39 is 17.9 Å². The van der Waals surface area contributed by atoms with Crippen LogP contribution in [0.25, 0.3) is 0 Å². The molecule has 0 saturated heterocycles. The van der Waals surface area contributed by atoms with Crippen molar-refractivity contribution in [3.05, 3.63) is 65.2 Å². The average Bonchev–Trinajstić information content (AvgIpc) is 3.23. The Morgan fingerprint density at radius 3 is 2.85 bits per heavy atom. The molecule has 0 saturated carbocycles. The highest BCUT2D eigenvalue weighted by atomic mass is 35.5. The maximum atomic E-state index is 12.4. The van der Waals surface area contributed by atoms with Gasteiger partial charge in [0.15, 0.2) is 0 Å². The Kier molecular flexibility index (Phi) is 5.04. The van der Waals surface area contributed by atoms with Gasteiger partial charge < -0.3 is 10.4 Å². The number of carboxylic acid groups (broad SMARTS) is 1. The fourth-order valence-corrected chi connectivity index (χ4v) is 2.65. The van der Waals surface area contributed by atoms with Crippen LogP contribution in [0.2, 0.25) is 5.02 Å². The molecule has 0 radical (unpaired) electrons. The van der Waals surface area contributed by atoms with Gasteiger partial charge in [-0.1, -0.05) is 23.7 Å². The largest absolute Gasteiger partial charge is 0.480 e. The summed E-state index contributed by atoms with van der Waals surface area (Å²) >= 11 is 5.97. The van der Waals surface area contributed by atoms with Crippen molar-refractivity contribution in [2.75, 3.05) is 5.32 Å². The van der Waals surface area contributed by atoms with Crippen LogP contribution >= 0.6 is 11.6 Å². The van der Waals surface area contributed by atoms with E-state index in [4.69, 9.17) is 16.7 Å². The Bertz CT molecular complexity index is 949. The number of hydrogen-bond acceptors (Lipinski definition) is 4. The summed E-state index contributed by atoms with van der Waals surface area (Å²) < 4.78 is 2.83. The molecule has 0 aliphatic carbocycles. The fourth-order valence-electron chi connectivity index (χ4n) is 2.44. The van der Waals surface area contributed by atoms with Crippen LogP contribution in [0.3, 0.4) is 0 Å².